The van der Waals surface area contributed by atoms with Gasteiger partial charge in [0.1, 0.15) is 0 Å². The molecule has 0 atom stereocenters. The molecule has 1 aliphatic heterocycles. The first kappa shape index (κ1) is 16.3. The van der Waals surface area contributed by atoms with E-state index in [0.717, 1.165) is 25.7 Å². The largest absolute Gasteiger partial charge is 0.349 e. The molecule has 3 rings (SSSR count). The third-order valence-corrected chi connectivity index (χ3v) is 6.58. The van der Waals surface area contributed by atoms with Crippen molar-refractivity contribution in [1.29, 1.82) is 0 Å². The number of benzene rings is 1. The predicted molar refractivity (Wildman–Crippen MR) is 91.1 cm³/mol. The van der Waals surface area contributed by atoms with Gasteiger partial charge in [-0.3, -0.25) is 9.10 Å². The molecule has 2 aliphatic rings. The maximum absolute atomic E-state index is 12.3. The van der Waals surface area contributed by atoms with Gasteiger partial charge in [0.15, 0.2) is 0 Å². The molecule has 0 spiro atoms. The Morgan fingerprint density at radius 2 is 1.70 bits per heavy atom. The van der Waals surface area contributed by atoms with E-state index in [2.05, 4.69) is 5.32 Å². The van der Waals surface area contributed by atoms with Gasteiger partial charge in [0, 0.05) is 18.2 Å². The summed E-state index contributed by atoms with van der Waals surface area (Å²) in [6, 6.07) is 7.19. The van der Waals surface area contributed by atoms with Gasteiger partial charge >= 0.3 is 0 Å². The Balaban J connectivity index is 1.67. The average molecular weight is 336 g/mol. The molecule has 0 aromatic heterocycles. The molecule has 1 aromatic carbocycles. The molecule has 6 heteroatoms. The SMILES string of the molecule is O=C(NC1CCCCC1)c1ccc(N2CCCCS2(=O)=O)cc1. The number of hydrogen-bond acceptors (Lipinski definition) is 3. The maximum atomic E-state index is 12.3. The molecule has 0 bridgehead atoms. The van der Waals surface area contributed by atoms with Gasteiger partial charge < -0.3 is 5.32 Å². The minimum absolute atomic E-state index is 0.0649. The number of hydrogen-bond donors (Lipinski definition) is 1. The van der Waals surface area contributed by atoms with E-state index < -0.39 is 10.0 Å². The van der Waals surface area contributed by atoms with Gasteiger partial charge in [-0.1, -0.05) is 19.3 Å². The summed E-state index contributed by atoms with van der Waals surface area (Å²) in [5.41, 5.74) is 1.24. The zero-order valence-corrected chi connectivity index (χ0v) is 14.1. The fourth-order valence-electron chi connectivity index (χ4n) is 3.37. The van der Waals surface area contributed by atoms with Crippen molar-refractivity contribution in [3.05, 3.63) is 29.8 Å². The van der Waals surface area contributed by atoms with Crippen LogP contribution in [-0.2, 0) is 10.0 Å². The van der Waals surface area contributed by atoms with Crippen molar-refractivity contribution in [2.75, 3.05) is 16.6 Å². The fourth-order valence-corrected chi connectivity index (χ4v) is 5.01. The lowest BCUT2D eigenvalue weighted by molar-refractivity contribution is 0.0927. The topological polar surface area (TPSA) is 66.5 Å². The average Bonchev–Trinajstić information content (AvgIpc) is 2.55. The first-order chi connectivity index (χ1) is 11.1. The van der Waals surface area contributed by atoms with Crippen LogP contribution in [0.1, 0.15) is 55.3 Å². The minimum atomic E-state index is -3.20. The molecule has 1 saturated heterocycles. The van der Waals surface area contributed by atoms with Crippen LogP contribution in [0.15, 0.2) is 24.3 Å². The number of amides is 1. The number of anilines is 1. The minimum Gasteiger partial charge on any atom is -0.349 e. The highest BCUT2D eigenvalue weighted by Gasteiger charge is 2.26. The summed E-state index contributed by atoms with van der Waals surface area (Å²) in [6.45, 7) is 0.524. The quantitative estimate of drug-likeness (QED) is 0.923. The summed E-state index contributed by atoms with van der Waals surface area (Å²) in [4.78, 5) is 12.3. The molecule has 1 N–H and O–H groups in total. The summed E-state index contributed by atoms with van der Waals surface area (Å²) < 4.78 is 25.7. The molecule has 1 saturated carbocycles. The molecule has 1 heterocycles. The standard InChI is InChI=1S/C17H24N2O3S/c20-17(18-15-6-2-1-3-7-15)14-8-10-16(11-9-14)19-12-4-5-13-23(19,21)22/h8-11,15H,1-7,12-13H2,(H,18,20). The number of carbonyl (C=O) groups excluding carboxylic acids is 1. The van der Waals surface area contributed by atoms with Crippen LogP contribution in [0, 0.1) is 0 Å². The van der Waals surface area contributed by atoms with Crippen LogP contribution in [0.25, 0.3) is 0 Å². The van der Waals surface area contributed by atoms with Crippen molar-refractivity contribution in [2.45, 2.75) is 51.0 Å². The highest BCUT2D eigenvalue weighted by atomic mass is 32.2. The van der Waals surface area contributed by atoms with E-state index in [1.54, 1.807) is 24.3 Å². The summed E-state index contributed by atoms with van der Waals surface area (Å²) in [6.07, 6.45) is 7.31. The normalized spacial score (nSPS) is 21.8. The van der Waals surface area contributed by atoms with E-state index in [-0.39, 0.29) is 17.7 Å². The number of nitrogens with zero attached hydrogens (tertiary/aromatic N) is 1. The number of sulfonamides is 1. The Kier molecular flexibility index (Phi) is 4.90. The van der Waals surface area contributed by atoms with Gasteiger partial charge in [-0.05, 0) is 49.9 Å². The Labute approximate surface area is 138 Å². The zero-order chi connectivity index (χ0) is 16.3. The lowest BCUT2D eigenvalue weighted by Crippen LogP contribution is -2.38. The lowest BCUT2D eigenvalue weighted by Gasteiger charge is -2.28. The molecular formula is C17H24N2O3S. The van der Waals surface area contributed by atoms with E-state index in [1.165, 1.54) is 23.6 Å². The number of nitrogens with one attached hydrogen (secondary N) is 1. The lowest BCUT2D eigenvalue weighted by atomic mass is 9.95. The third-order valence-electron chi connectivity index (χ3n) is 4.71. The molecular weight excluding hydrogens is 312 g/mol. The van der Waals surface area contributed by atoms with Gasteiger partial charge in [0.05, 0.1) is 11.4 Å². The fraction of sp³-hybridized carbons (Fsp3) is 0.588. The maximum Gasteiger partial charge on any atom is 0.251 e. The number of carbonyl (C=O) groups is 1. The second kappa shape index (κ2) is 6.91. The van der Waals surface area contributed by atoms with Crippen LogP contribution >= 0.6 is 0 Å². The Bertz CT molecular complexity index is 649. The second-order valence-electron chi connectivity index (χ2n) is 6.45. The summed E-state index contributed by atoms with van der Waals surface area (Å²) >= 11 is 0. The second-order valence-corrected chi connectivity index (χ2v) is 8.46. The molecule has 1 aromatic rings. The number of rotatable bonds is 3. The summed E-state index contributed by atoms with van der Waals surface area (Å²) in [5.74, 6) is 0.140. The van der Waals surface area contributed by atoms with Crippen molar-refractivity contribution in [1.82, 2.24) is 5.32 Å². The van der Waals surface area contributed by atoms with Gasteiger partial charge in [-0.2, -0.15) is 0 Å². The monoisotopic (exact) mass is 336 g/mol. The van der Waals surface area contributed by atoms with Crippen LogP contribution < -0.4 is 9.62 Å². The van der Waals surface area contributed by atoms with E-state index in [1.807, 2.05) is 0 Å². The molecule has 126 valence electrons. The molecule has 1 amide bonds. The van der Waals surface area contributed by atoms with Gasteiger partial charge in [0.2, 0.25) is 10.0 Å². The van der Waals surface area contributed by atoms with Crippen molar-refractivity contribution < 1.29 is 13.2 Å². The molecule has 23 heavy (non-hydrogen) atoms. The molecule has 0 radical (unpaired) electrons. The van der Waals surface area contributed by atoms with E-state index in [9.17, 15) is 13.2 Å². The Morgan fingerprint density at radius 3 is 2.35 bits per heavy atom. The Hall–Kier alpha value is -1.56. The summed E-state index contributed by atoms with van der Waals surface area (Å²) in [5, 5.41) is 3.08. The van der Waals surface area contributed by atoms with E-state index in [4.69, 9.17) is 0 Å². The highest BCUT2D eigenvalue weighted by Crippen LogP contribution is 2.24. The molecule has 1 aliphatic carbocycles. The molecule has 2 fully saturated rings. The van der Waals surface area contributed by atoms with Crippen molar-refractivity contribution >= 4 is 21.6 Å². The van der Waals surface area contributed by atoms with Crippen molar-refractivity contribution in [3.8, 4) is 0 Å². The highest BCUT2D eigenvalue weighted by molar-refractivity contribution is 7.92. The molecule has 5 nitrogen and oxygen atoms in total. The van der Waals surface area contributed by atoms with Crippen LogP contribution in [0.2, 0.25) is 0 Å². The van der Waals surface area contributed by atoms with Gasteiger partial charge in [-0.15, -0.1) is 0 Å². The summed E-state index contributed by atoms with van der Waals surface area (Å²) in [7, 11) is -3.20. The van der Waals surface area contributed by atoms with Crippen LogP contribution in [0.5, 0.6) is 0 Å². The van der Waals surface area contributed by atoms with Crippen molar-refractivity contribution in [3.63, 3.8) is 0 Å². The van der Waals surface area contributed by atoms with Crippen LogP contribution in [0.3, 0.4) is 0 Å². The third kappa shape index (κ3) is 3.86. The smallest absolute Gasteiger partial charge is 0.251 e. The Morgan fingerprint density at radius 1 is 1.00 bits per heavy atom. The molecule has 0 unspecified atom stereocenters. The first-order valence-electron chi connectivity index (χ1n) is 8.48. The zero-order valence-electron chi connectivity index (χ0n) is 13.3. The van der Waals surface area contributed by atoms with Crippen LogP contribution in [0.4, 0.5) is 5.69 Å². The van der Waals surface area contributed by atoms with Gasteiger partial charge in [-0.25, -0.2) is 8.42 Å². The first-order valence-corrected chi connectivity index (χ1v) is 10.1. The van der Waals surface area contributed by atoms with Crippen LogP contribution in [-0.4, -0.2) is 32.7 Å². The van der Waals surface area contributed by atoms with E-state index in [0.29, 0.717) is 17.8 Å². The predicted octanol–water partition coefficient (Wildman–Crippen LogP) is 2.68. The van der Waals surface area contributed by atoms with E-state index >= 15 is 0 Å². The van der Waals surface area contributed by atoms with Crippen molar-refractivity contribution in [2.24, 2.45) is 0 Å². The van der Waals surface area contributed by atoms with Gasteiger partial charge in [0.25, 0.3) is 5.91 Å².